The van der Waals surface area contributed by atoms with Gasteiger partial charge in [-0.2, -0.15) is 0 Å². The second-order valence-corrected chi connectivity index (χ2v) is 16.0. The number of halogens is 4. The molecule has 4 heterocycles. The summed E-state index contributed by atoms with van der Waals surface area (Å²) in [6.07, 6.45) is 0. The minimum absolute atomic E-state index is 0.402. The van der Waals surface area contributed by atoms with Gasteiger partial charge in [-0.3, -0.25) is 0 Å². The van der Waals surface area contributed by atoms with E-state index in [-0.39, 0.29) is 0 Å². The van der Waals surface area contributed by atoms with Crippen molar-refractivity contribution in [1.82, 2.24) is 40.3 Å². The Morgan fingerprint density at radius 3 is 0.907 bits per heavy atom. The normalized spacial score (nSPS) is 11.3. The van der Waals surface area contributed by atoms with Gasteiger partial charge in [-0.1, -0.05) is 137 Å². The molecule has 5 aromatic carbocycles. The molecule has 0 saturated carbocycles. The molecule has 12 heteroatoms. The highest BCUT2D eigenvalue weighted by molar-refractivity contribution is 9.11. The molecule has 9 rings (SSSR count). The van der Waals surface area contributed by atoms with E-state index < -0.39 is 0 Å². The molecule has 0 aliphatic rings. The van der Waals surface area contributed by atoms with Crippen molar-refractivity contribution in [3.8, 4) is 68.1 Å². The van der Waals surface area contributed by atoms with Crippen molar-refractivity contribution in [2.45, 2.75) is 0 Å². The summed E-state index contributed by atoms with van der Waals surface area (Å²) >= 11 is 14.2. The molecular weight excluding hydrogens is 936 g/mol. The van der Waals surface area contributed by atoms with Crippen molar-refractivity contribution in [2.75, 3.05) is 0 Å². The third-order valence-electron chi connectivity index (χ3n) is 8.82. The fourth-order valence-electron chi connectivity index (χ4n) is 6.11. The van der Waals surface area contributed by atoms with Gasteiger partial charge in [0.2, 0.25) is 11.6 Å². The van der Waals surface area contributed by atoms with Crippen LogP contribution in [-0.4, -0.2) is 40.3 Å². The maximum absolute atomic E-state index is 5.10. The van der Waals surface area contributed by atoms with Crippen LogP contribution in [0.4, 0.5) is 0 Å². The molecule has 0 amide bonds. The lowest BCUT2D eigenvalue weighted by Crippen LogP contribution is -2.02. The van der Waals surface area contributed by atoms with Gasteiger partial charge in [-0.15, -0.1) is 20.4 Å². The van der Waals surface area contributed by atoms with Gasteiger partial charge < -0.3 is 0 Å². The average molecular weight is 958 g/mol. The largest absolute Gasteiger partial charge is 0.242 e. The number of fused-ring (bicyclic) bond motifs is 3. The van der Waals surface area contributed by atoms with E-state index in [4.69, 9.17) is 30.1 Å². The van der Waals surface area contributed by atoms with Gasteiger partial charge in [0.05, 0.1) is 11.0 Å². The van der Waals surface area contributed by atoms with Gasteiger partial charge in [-0.25, -0.2) is 19.9 Å². The maximum Gasteiger partial charge on any atom is 0.201 e. The van der Waals surface area contributed by atoms with Crippen LogP contribution in [0.5, 0.6) is 0 Å². The van der Waals surface area contributed by atoms with E-state index in [2.05, 4.69) is 73.9 Å². The van der Waals surface area contributed by atoms with E-state index in [1.165, 1.54) is 0 Å². The van der Waals surface area contributed by atoms with E-state index in [9.17, 15) is 0 Å². The predicted octanol–water partition coefficient (Wildman–Crippen LogP) is 12.2. The Morgan fingerprint density at radius 2 is 0.574 bits per heavy atom. The first-order valence-corrected chi connectivity index (χ1v) is 19.8. The lowest BCUT2D eigenvalue weighted by molar-refractivity contribution is 0.982. The Morgan fingerprint density at radius 1 is 0.278 bits per heavy atom. The van der Waals surface area contributed by atoms with Gasteiger partial charge in [-0.05, 0) is 60.7 Å². The first kappa shape index (κ1) is 34.6. The maximum atomic E-state index is 5.10. The van der Waals surface area contributed by atoms with Crippen LogP contribution in [0.3, 0.4) is 0 Å². The van der Waals surface area contributed by atoms with Crippen LogP contribution in [0.2, 0.25) is 0 Å². The van der Waals surface area contributed by atoms with Crippen molar-refractivity contribution in [1.29, 1.82) is 0 Å². The number of nitrogens with zero attached hydrogens (tertiary/aromatic N) is 8. The van der Waals surface area contributed by atoms with Crippen molar-refractivity contribution in [3.63, 3.8) is 0 Å². The molecule has 54 heavy (non-hydrogen) atoms. The lowest BCUT2D eigenvalue weighted by atomic mass is 10.0. The molecule has 0 N–H and O–H groups in total. The summed E-state index contributed by atoms with van der Waals surface area (Å²) in [6.45, 7) is 0. The molecule has 0 bridgehead atoms. The molecule has 0 aliphatic carbocycles. The van der Waals surface area contributed by atoms with Crippen LogP contribution in [0.15, 0.2) is 151 Å². The minimum Gasteiger partial charge on any atom is -0.242 e. The summed E-state index contributed by atoms with van der Waals surface area (Å²) in [5.41, 5.74) is 8.93. The summed E-state index contributed by atoms with van der Waals surface area (Å²) in [6, 6.07) is 43.8. The molecule has 258 valence electrons. The second-order valence-electron chi connectivity index (χ2n) is 12.3. The zero-order chi connectivity index (χ0) is 36.8. The van der Waals surface area contributed by atoms with Crippen LogP contribution < -0.4 is 0 Å². The number of rotatable bonds is 6. The Labute approximate surface area is 342 Å². The fourth-order valence-corrected chi connectivity index (χ4v) is 7.17. The average Bonchev–Trinajstić information content (AvgIpc) is 3.21. The highest BCUT2D eigenvalue weighted by Crippen LogP contribution is 2.34. The molecule has 0 unspecified atom stereocenters. The number of aromatic nitrogens is 8. The predicted molar refractivity (Wildman–Crippen MR) is 227 cm³/mol. The number of benzene rings is 5. The van der Waals surface area contributed by atoms with E-state index in [0.717, 1.165) is 50.9 Å². The Kier molecular flexibility index (Phi) is 9.36. The first-order valence-electron chi connectivity index (χ1n) is 16.6. The fraction of sp³-hybridized carbons (Fsp3) is 0. The standard InChI is InChI=1S/C42H22Br4N8/c43-29-13-3-25(4-14-29)37-39(27-7-17-31(45)18-8-27)51-53-41(49-37)33-21-11-23-1-2-24-12-22-34(48-36(24)35(23)47-33)42-50-38(26-5-15-30(44)16-6-26)40(52-54-42)28-9-19-32(46)20-10-28/h1-22H. The third-order valence-corrected chi connectivity index (χ3v) is 10.9. The van der Waals surface area contributed by atoms with Crippen LogP contribution >= 0.6 is 63.7 Å². The summed E-state index contributed by atoms with van der Waals surface area (Å²) in [5, 5.41) is 20.4. The van der Waals surface area contributed by atoms with Gasteiger partial charge in [0, 0.05) is 50.9 Å². The quantitative estimate of drug-likeness (QED) is 0.152. The molecular formula is C42H22Br4N8. The molecule has 4 aromatic heterocycles. The smallest absolute Gasteiger partial charge is 0.201 e. The highest BCUT2D eigenvalue weighted by atomic mass is 79.9. The molecule has 0 saturated heterocycles. The zero-order valence-electron chi connectivity index (χ0n) is 27.8. The highest BCUT2D eigenvalue weighted by Gasteiger charge is 2.19. The van der Waals surface area contributed by atoms with Crippen LogP contribution in [-0.2, 0) is 0 Å². The molecule has 0 radical (unpaired) electrons. The first-order chi connectivity index (χ1) is 26.4. The Hall–Kier alpha value is -5.14. The SMILES string of the molecule is Brc1ccc(-c2nnc(-c3ccc4ccc5ccc(-c6nnc(-c7ccc(Br)cc7)c(-c7ccc(Br)cc7)n6)nc5c4n3)nc2-c2ccc(Br)cc2)cc1. The molecule has 0 spiro atoms. The van der Waals surface area contributed by atoms with E-state index >= 15 is 0 Å². The summed E-state index contributed by atoms with van der Waals surface area (Å²) in [4.78, 5) is 20.3. The molecule has 0 aliphatic heterocycles. The minimum atomic E-state index is 0.402. The molecule has 0 fully saturated rings. The molecule has 9 aromatic rings. The summed E-state index contributed by atoms with van der Waals surface area (Å²) in [7, 11) is 0. The third kappa shape index (κ3) is 6.86. The van der Waals surface area contributed by atoms with Crippen molar-refractivity contribution in [3.05, 3.63) is 151 Å². The number of pyridine rings is 2. The lowest BCUT2D eigenvalue weighted by Gasteiger charge is -2.11. The second kappa shape index (κ2) is 14.6. The Balaban J connectivity index is 1.17. The van der Waals surface area contributed by atoms with Crippen LogP contribution in [0.25, 0.3) is 89.9 Å². The summed E-state index contributed by atoms with van der Waals surface area (Å²) < 4.78 is 3.90. The van der Waals surface area contributed by atoms with Gasteiger partial charge in [0.1, 0.15) is 34.2 Å². The van der Waals surface area contributed by atoms with Gasteiger partial charge in [0.15, 0.2) is 0 Å². The number of hydrogen-bond donors (Lipinski definition) is 0. The topological polar surface area (TPSA) is 103 Å². The Bertz CT molecular complexity index is 2650. The van der Waals surface area contributed by atoms with E-state index in [1.54, 1.807) is 0 Å². The zero-order valence-corrected chi connectivity index (χ0v) is 34.1. The van der Waals surface area contributed by atoms with Crippen molar-refractivity contribution < 1.29 is 0 Å². The molecule has 0 atom stereocenters. The summed E-state index contributed by atoms with van der Waals surface area (Å²) in [5.74, 6) is 0.804. The van der Waals surface area contributed by atoms with Crippen LogP contribution in [0.1, 0.15) is 0 Å². The van der Waals surface area contributed by atoms with Crippen molar-refractivity contribution >= 4 is 85.5 Å². The molecule has 8 nitrogen and oxygen atoms in total. The van der Waals surface area contributed by atoms with E-state index in [0.29, 0.717) is 56.8 Å². The van der Waals surface area contributed by atoms with Crippen molar-refractivity contribution in [2.24, 2.45) is 0 Å². The van der Waals surface area contributed by atoms with Gasteiger partial charge >= 0.3 is 0 Å². The van der Waals surface area contributed by atoms with Gasteiger partial charge in [0.25, 0.3) is 0 Å². The monoisotopic (exact) mass is 954 g/mol. The van der Waals surface area contributed by atoms with Crippen LogP contribution in [0, 0.1) is 0 Å². The number of hydrogen-bond acceptors (Lipinski definition) is 8. The van der Waals surface area contributed by atoms with E-state index in [1.807, 2.05) is 133 Å².